The summed E-state index contributed by atoms with van der Waals surface area (Å²) in [5.41, 5.74) is 2.75. The van der Waals surface area contributed by atoms with E-state index in [2.05, 4.69) is 15.3 Å². The molecule has 0 aliphatic carbocycles. The molecule has 0 amide bonds. The molecule has 4 rings (SSSR count). The highest BCUT2D eigenvalue weighted by Crippen LogP contribution is 2.36. The molecule has 0 bridgehead atoms. The first-order chi connectivity index (χ1) is 15.2. The fourth-order valence-electron chi connectivity index (χ4n) is 3.31. The van der Waals surface area contributed by atoms with Crippen LogP contribution in [0, 0.1) is 6.92 Å². The number of aryl methyl sites for hydroxylation is 1. The number of ether oxygens (including phenoxy) is 2. The number of benzene rings is 2. The molecule has 0 aliphatic heterocycles. The van der Waals surface area contributed by atoms with Crippen LogP contribution >= 0.6 is 11.3 Å². The summed E-state index contributed by atoms with van der Waals surface area (Å²) in [4.78, 5) is 22.8. The summed E-state index contributed by atoms with van der Waals surface area (Å²) in [5, 5.41) is 4.15. The largest absolute Gasteiger partial charge is 0.492 e. The van der Waals surface area contributed by atoms with E-state index in [-0.39, 0.29) is 5.97 Å². The highest BCUT2D eigenvalue weighted by molar-refractivity contribution is 7.20. The van der Waals surface area contributed by atoms with Crippen molar-refractivity contribution in [2.24, 2.45) is 0 Å². The first-order valence-electron chi connectivity index (χ1n) is 10.1. The number of rotatable bonds is 8. The summed E-state index contributed by atoms with van der Waals surface area (Å²) in [6, 6.07) is 17.6. The molecular formula is C24H23N3O3S. The number of hydrogen-bond donors (Lipinski definition) is 1. The van der Waals surface area contributed by atoms with Gasteiger partial charge < -0.3 is 14.8 Å². The monoisotopic (exact) mass is 433 g/mol. The Bertz CT molecular complexity index is 1190. The third-order valence-electron chi connectivity index (χ3n) is 4.82. The van der Waals surface area contributed by atoms with E-state index in [0.717, 1.165) is 32.8 Å². The van der Waals surface area contributed by atoms with Gasteiger partial charge in [-0.25, -0.2) is 14.8 Å². The Hall–Kier alpha value is -3.45. The summed E-state index contributed by atoms with van der Waals surface area (Å²) >= 11 is 1.32. The Morgan fingerprint density at radius 3 is 2.65 bits per heavy atom. The molecule has 6 nitrogen and oxygen atoms in total. The number of thiophene rings is 1. The zero-order valence-corrected chi connectivity index (χ0v) is 18.2. The van der Waals surface area contributed by atoms with Crippen molar-refractivity contribution in [3.05, 3.63) is 76.9 Å². The fraction of sp³-hybridized carbons (Fsp3) is 0.208. The minimum absolute atomic E-state index is 0.328. The number of nitrogens with zero attached hydrogens (tertiary/aromatic N) is 2. The highest BCUT2D eigenvalue weighted by atomic mass is 32.1. The Morgan fingerprint density at radius 2 is 1.84 bits per heavy atom. The summed E-state index contributed by atoms with van der Waals surface area (Å²) < 4.78 is 11.2. The number of esters is 1. The van der Waals surface area contributed by atoms with Crippen molar-refractivity contribution in [3.63, 3.8) is 0 Å². The topological polar surface area (TPSA) is 73.3 Å². The predicted octanol–water partition coefficient (Wildman–Crippen LogP) is 5.54. The van der Waals surface area contributed by atoms with Crippen LogP contribution in [0.2, 0.25) is 0 Å². The summed E-state index contributed by atoms with van der Waals surface area (Å²) in [7, 11) is 0. The van der Waals surface area contributed by atoms with Gasteiger partial charge in [-0.1, -0.05) is 42.5 Å². The average molecular weight is 434 g/mol. The number of carbonyl (C=O) groups is 1. The maximum Gasteiger partial charge on any atom is 0.348 e. The van der Waals surface area contributed by atoms with Gasteiger partial charge in [-0.05, 0) is 37.1 Å². The molecule has 1 N–H and O–H groups in total. The van der Waals surface area contributed by atoms with Crippen LogP contribution in [0.1, 0.15) is 27.7 Å². The van der Waals surface area contributed by atoms with Crippen molar-refractivity contribution in [2.45, 2.75) is 20.3 Å². The van der Waals surface area contributed by atoms with Gasteiger partial charge in [-0.2, -0.15) is 0 Å². The summed E-state index contributed by atoms with van der Waals surface area (Å²) in [6.07, 6.45) is 2.17. The number of hydrogen-bond acceptors (Lipinski definition) is 7. The third-order valence-corrected chi connectivity index (χ3v) is 6.00. The second kappa shape index (κ2) is 9.57. The minimum atomic E-state index is -0.336. The molecule has 0 radical (unpaired) electrons. The smallest absolute Gasteiger partial charge is 0.348 e. The number of nitrogens with one attached hydrogen (secondary N) is 1. The number of para-hydroxylation sites is 2. The van der Waals surface area contributed by atoms with Crippen LogP contribution in [0.4, 0.5) is 11.5 Å². The van der Waals surface area contributed by atoms with Gasteiger partial charge in [-0.3, -0.25) is 0 Å². The van der Waals surface area contributed by atoms with Crippen molar-refractivity contribution >= 4 is 39.0 Å². The van der Waals surface area contributed by atoms with Crippen molar-refractivity contribution < 1.29 is 14.3 Å². The molecule has 0 aliphatic rings. The lowest BCUT2D eigenvalue weighted by Gasteiger charge is -2.12. The molecule has 2 aromatic carbocycles. The molecule has 0 saturated carbocycles. The van der Waals surface area contributed by atoms with Gasteiger partial charge in [0.05, 0.1) is 24.3 Å². The van der Waals surface area contributed by atoms with Crippen molar-refractivity contribution in [2.75, 3.05) is 18.5 Å². The first-order valence-corrected chi connectivity index (χ1v) is 10.9. The maximum atomic E-state index is 12.7. The predicted molar refractivity (Wildman–Crippen MR) is 123 cm³/mol. The van der Waals surface area contributed by atoms with Crippen LogP contribution in [0.5, 0.6) is 5.75 Å². The molecule has 0 atom stereocenters. The molecule has 158 valence electrons. The zero-order valence-electron chi connectivity index (χ0n) is 17.4. The van der Waals surface area contributed by atoms with Crippen LogP contribution < -0.4 is 10.1 Å². The summed E-state index contributed by atoms with van der Waals surface area (Å²) in [6.45, 7) is 4.73. The van der Waals surface area contributed by atoms with E-state index >= 15 is 0 Å². The molecule has 31 heavy (non-hydrogen) atoms. The molecule has 7 heteroatoms. The minimum Gasteiger partial charge on any atom is -0.492 e. The molecule has 0 saturated heterocycles. The highest BCUT2D eigenvalue weighted by Gasteiger charge is 2.21. The van der Waals surface area contributed by atoms with Crippen LogP contribution in [0.15, 0.2) is 60.9 Å². The molecule has 0 unspecified atom stereocenters. The van der Waals surface area contributed by atoms with Crippen molar-refractivity contribution in [1.29, 1.82) is 0 Å². The van der Waals surface area contributed by atoms with Crippen LogP contribution in [0.3, 0.4) is 0 Å². The van der Waals surface area contributed by atoms with Gasteiger partial charge in [0.1, 0.15) is 27.6 Å². The Labute approximate surface area is 184 Å². The van der Waals surface area contributed by atoms with E-state index < -0.39 is 0 Å². The fourth-order valence-corrected chi connectivity index (χ4v) is 4.35. The van der Waals surface area contributed by atoms with E-state index in [0.29, 0.717) is 30.3 Å². The van der Waals surface area contributed by atoms with Gasteiger partial charge in [0, 0.05) is 6.42 Å². The number of aromatic nitrogens is 2. The van der Waals surface area contributed by atoms with E-state index in [1.807, 2.05) is 68.4 Å². The third kappa shape index (κ3) is 4.67. The molecule has 4 aromatic rings. The number of carbonyl (C=O) groups excluding carboxylic acids is 1. The van der Waals surface area contributed by atoms with Gasteiger partial charge >= 0.3 is 5.97 Å². The van der Waals surface area contributed by atoms with Crippen LogP contribution in [-0.2, 0) is 11.2 Å². The lowest BCUT2D eigenvalue weighted by molar-refractivity contribution is 0.0514. The lowest BCUT2D eigenvalue weighted by atomic mass is 10.2. The second-order valence-corrected chi connectivity index (χ2v) is 7.88. The molecule has 0 fully saturated rings. The van der Waals surface area contributed by atoms with Gasteiger partial charge in [-0.15, -0.1) is 11.3 Å². The van der Waals surface area contributed by atoms with Crippen LogP contribution in [0.25, 0.3) is 10.2 Å². The van der Waals surface area contributed by atoms with Crippen molar-refractivity contribution in [1.82, 2.24) is 9.97 Å². The SMILES string of the molecule is CCOc1ccccc1Nc1ncnc2sc(C(=O)OCCc3ccccc3)c(C)c12. The average Bonchev–Trinajstić information content (AvgIpc) is 3.13. The zero-order chi connectivity index (χ0) is 21.6. The van der Waals surface area contributed by atoms with E-state index in [9.17, 15) is 4.79 Å². The molecule has 0 spiro atoms. The molecule has 2 aromatic heterocycles. The summed E-state index contributed by atoms with van der Waals surface area (Å²) in [5.74, 6) is 1.04. The van der Waals surface area contributed by atoms with E-state index in [4.69, 9.17) is 9.47 Å². The van der Waals surface area contributed by atoms with E-state index in [1.165, 1.54) is 17.7 Å². The van der Waals surface area contributed by atoms with Gasteiger partial charge in [0.2, 0.25) is 0 Å². The Morgan fingerprint density at radius 1 is 1.06 bits per heavy atom. The van der Waals surface area contributed by atoms with Crippen molar-refractivity contribution in [3.8, 4) is 5.75 Å². The quantitative estimate of drug-likeness (QED) is 0.368. The van der Waals surface area contributed by atoms with Gasteiger partial charge in [0.25, 0.3) is 0 Å². The first kappa shape index (κ1) is 20.8. The standard InChI is InChI=1S/C24H23N3O3S/c1-3-29-19-12-8-7-11-18(19)27-22-20-16(2)21(31-23(20)26-15-25-22)24(28)30-14-13-17-9-5-4-6-10-17/h4-12,15H,3,13-14H2,1-2H3,(H,25,26,27). The number of fused-ring (bicyclic) bond motifs is 1. The maximum absolute atomic E-state index is 12.7. The van der Waals surface area contributed by atoms with Gasteiger partial charge in [0.15, 0.2) is 0 Å². The van der Waals surface area contributed by atoms with Crippen LogP contribution in [-0.4, -0.2) is 29.2 Å². The molecular weight excluding hydrogens is 410 g/mol. The number of anilines is 2. The lowest BCUT2D eigenvalue weighted by Crippen LogP contribution is -2.07. The Kier molecular flexibility index (Phi) is 6.43. The Balaban J connectivity index is 1.56. The second-order valence-electron chi connectivity index (χ2n) is 6.88. The molecule has 2 heterocycles. The van der Waals surface area contributed by atoms with E-state index in [1.54, 1.807) is 0 Å². The normalized spacial score (nSPS) is 10.8.